The zero-order valence-electron chi connectivity index (χ0n) is 32.0. The highest BCUT2D eigenvalue weighted by molar-refractivity contribution is 6.01. The maximum Gasteiger partial charge on any atom is 0.244 e. The molecule has 0 aliphatic rings. The number of rotatable bonds is 22. The smallest absolute Gasteiger partial charge is 0.244 e. The molecule has 0 saturated heterocycles. The second kappa shape index (κ2) is 23.0. The van der Waals surface area contributed by atoms with E-state index in [4.69, 9.17) is 34.4 Å². The van der Waals surface area contributed by atoms with Crippen LogP contribution in [0.3, 0.4) is 0 Å². The van der Waals surface area contributed by atoms with E-state index in [2.05, 4.69) is 25.9 Å². The number of nitrogens with two attached hydrogens (primary N) is 6. The van der Waals surface area contributed by atoms with Gasteiger partial charge in [0.05, 0.1) is 5.69 Å². The van der Waals surface area contributed by atoms with E-state index in [0.29, 0.717) is 23.2 Å². The van der Waals surface area contributed by atoms with Gasteiger partial charge in [-0.25, -0.2) is 9.38 Å². The molecular formula is C37H55FN12O6. The Bertz CT molecular complexity index is 1710. The highest BCUT2D eigenvalue weighted by Crippen LogP contribution is 2.17. The number of hydrogen-bond donors (Lipinski definition) is 9. The summed E-state index contributed by atoms with van der Waals surface area (Å²) in [4.78, 5) is 89.3. The zero-order chi connectivity index (χ0) is 41.9. The largest absolute Gasteiger partial charge is 0.370 e. The normalized spacial score (nSPS) is 13.0. The van der Waals surface area contributed by atoms with Crippen LogP contribution in [0.15, 0.2) is 58.5 Å². The standard InChI is InChI=1S/C37H55FN12O6/c1-21(2)18-28(33(54)47-27(32(40)53)6-5-17-45-36(41)42)48-34(55)29(19-23-10-14-26(15-11-23)46-37(43)44)49-35(56)30(20-24-8-12-25(38)13-9-24)50(22(3)51)31(52)7-4-16-39/h8-15,21,27-30H,4-7,16-20,39H2,1-3H3,(H2,40,53)(H,47,54)(H,48,55)(H,49,56)(H4,41,42,45)(H4,43,44,46)/t27-,28-,29-,30-/m0/s1. The Morgan fingerprint density at radius 1 is 0.732 bits per heavy atom. The monoisotopic (exact) mass is 782 g/mol. The van der Waals surface area contributed by atoms with Crippen molar-refractivity contribution in [1.29, 1.82) is 0 Å². The van der Waals surface area contributed by atoms with Gasteiger partial charge in [0, 0.05) is 32.7 Å². The summed E-state index contributed by atoms with van der Waals surface area (Å²) in [6.45, 7) is 5.11. The van der Waals surface area contributed by atoms with Gasteiger partial charge in [-0.3, -0.25) is 38.7 Å². The molecule has 0 fully saturated rings. The molecule has 0 unspecified atom stereocenters. The number of imide groups is 1. The first kappa shape index (κ1) is 46.0. The number of carbonyl (C=O) groups excluding carboxylic acids is 6. The molecule has 15 N–H and O–H groups in total. The number of benzene rings is 2. The average molecular weight is 783 g/mol. The summed E-state index contributed by atoms with van der Waals surface area (Å²) in [6, 6.07) is 6.46. The lowest BCUT2D eigenvalue weighted by molar-refractivity contribution is -0.151. The highest BCUT2D eigenvalue weighted by atomic mass is 19.1. The molecule has 306 valence electrons. The fourth-order valence-corrected chi connectivity index (χ4v) is 5.69. The predicted molar refractivity (Wildman–Crippen MR) is 210 cm³/mol. The molecule has 4 atom stereocenters. The lowest BCUT2D eigenvalue weighted by Crippen LogP contribution is -2.60. The van der Waals surface area contributed by atoms with Crippen LogP contribution < -0.4 is 50.4 Å². The summed E-state index contributed by atoms with van der Waals surface area (Å²) < 4.78 is 13.8. The molecule has 2 rings (SSSR count). The maximum atomic E-state index is 14.3. The molecule has 0 radical (unpaired) electrons. The van der Waals surface area contributed by atoms with Crippen molar-refractivity contribution in [3.05, 3.63) is 65.5 Å². The van der Waals surface area contributed by atoms with E-state index in [9.17, 15) is 33.2 Å². The highest BCUT2D eigenvalue weighted by Gasteiger charge is 2.36. The number of hydrogen-bond acceptors (Lipinski definition) is 9. The molecule has 0 saturated carbocycles. The number of guanidine groups is 2. The molecular weight excluding hydrogens is 727 g/mol. The van der Waals surface area contributed by atoms with Crippen molar-refractivity contribution in [3.63, 3.8) is 0 Å². The van der Waals surface area contributed by atoms with Crippen molar-refractivity contribution in [2.75, 3.05) is 13.1 Å². The van der Waals surface area contributed by atoms with Gasteiger partial charge in [0.25, 0.3) is 0 Å². The Morgan fingerprint density at radius 2 is 1.29 bits per heavy atom. The van der Waals surface area contributed by atoms with Crippen LogP contribution in [0, 0.1) is 11.7 Å². The molecule has 0 spiro atoms. The SMILES string of the molecule is CC(=O)N(C(=O)CCCN)[C@@H](Cc1ccc(F)cc1)C(=O)N[C@@H](Cc1ccc(N=C(N)N)cc1)C(=O)N[C@@H](CC(C)C)C(=O)N[C@@H](CCCN=C(N)N)C(N)=O. The van der Waals surface area contributed by atoms with E-state index < -0.39 is 65.4 Å². The number of nitrogens with zero attached hydrogens (tertiary/aromatic N) is 3. The summed E-state index contributed by atoms with van der Waals surface area (Å²) >= 11 is 0. The first-order valence-electron chi connectivity index (χ1n) is 18.1. The third kappa shape index (κ3) is 16.1. The van der Waals surface area contributed by atoms with Crippen molar-refractivity contribution in [3.8, 4) is 0 Å². The summed E-state index contributed by atoms with van der Waals surface area (Å²) in [6.07, 6.45) is 0.315. The lowest BCUT2D eigenvalue weighted by Gasteiger charge is -2.31. The van der Waals surface area contributed by atoms with Crippen LogP contribution in [-0.2, 0) is 41.6 Å². The molecule has 0 aliphatic heterocycles. The summed E-state index contributed by atoms with van der Waals surface area (Å²) in [5.74, 6) is -5.55. The van der Waals surface area contributed by atoms with Crippen molar-refractivity contribution in [1.82, 2.24) is 20.9 Å². The number of primary amides is 1. The summed E-state index contributed by atoms with van der Waals surface area (Å²) in [7, 11) is 0. The maximum absolute atomic E-state index is 14.3. The first-order valence-corrected chi connectivity index (χ1v) is 18.1. The third-order valence-corrected chi connectivity index (χ3v) is 8.37. The van der Waals surface area contributed by atoms with Gasteiger partial charge in [-0.15, -0.1) is 0 Å². The second-order valence-electron chi connectivity index (χ2n) is 13.6. The Hall–Kier alpha value is -6.11. The second-order valence-corrected chi connectivity index (χ2v) is 13.6. The molecule has 56 heavy (non-hydrogen) atoms. The van der Waals surface area contributed by atoms with Crippen LogP contribution in [0.25, 0.3) is 0 Å². The van der Waals surface area contributed by atoms with E-state index in [1.807, 2.05) is 13.8 Å². The van der Waals surface area contributed by atoms with Crippen molar-refractivity contribution in [2.24, 2.45) is 50.3 Å². The number of halogens is 1. The molecule has 2 aromatic carbocycles. The van der Waals surface area contributed by atoms with Gasteiger partial charge in [-0.05, 0) is 73.5 Å². The van der Waals surface area contributed by atoms with E-state index in [-0.39, 0.29) is 69.5 Å². The molecule has 0 aliphatic carbocycles. The van der Waals surface area contributed by atoms with E-state index >= 15 is 0 Å². The van der Waals surface area contributed by atoms with Crippen LogP contribution in [0.4, 0.5) is 10.1 Å². The van der Waals surface area contributed by atoms with Crippen LogP contribution in [0.1, 0.15) is 64.0 Å². The molecule has 19 heteroatoms. The molecule has 0 aromatic heterocycles. The molecule has 6 amide bonds. The van der Waals surface area contributed by atoms with Crippen molar-refractivity contribution in [2.45, 2.75) is 89.9 Å². The van der Waals surface area contributed by atoms with Gasteiger partial charge < -0.3 is 50.4 Å². The number of nitrogens with one attached hydrogen (secondary N) is 3. The van der Waals surface area contributed by atoms with Gasteiger partial charge in [0.2, 0.25) is 35.4 Å². The van der Waals surface area contributed by atoms with Crippen LogP contribution in [-0.4, -0.2) is 89.5 Å². The Labute approximate surface area is 325 Å². The Morgan fingerprint density at radius 3 is 1.82 bits per heavy atom. The van der Waals surface area contributed by atoms with E-state index in [0.717, 1.165) is 11.8 Å². The van der Waals surface area contributed by atoms with E-state index in [1.165, 1.54) is 24.3 Å². The fourth-order valence-electron chi connectivity index (χ4n) is 5.69. The number of aliphatic imine (C=N–C) groups is 2. The summed E-state index contributed by atoms with van der Waals surface area (Å²) in [5.41, 5.74) is 34.3. The van der Waals surface area contributed by atoms with Gasteiger partial charge in [0.15, 0.2) is 11.9 Å². The third-order valence-electron chi connectivity index (χ3n) is 8.37. The average Bonchev–Trinajstić information content (AvgIpc) is 3.11. The molecule has 0 heterocycles. The predicted octanol–water partition coefficient (Wildman–Crippen LogP) is -0.962. The Balaban J connectivity index is 2.54. The molecule has 2 aromatic rings. The van der Waals surface area contributed by atoms with Crippen LogP contribution >= 0.6 is 0 Å². The van der Waals surface area contributed by atoms with Crippen molar-refractivity contribution < 1.29 is 33.2 Å². The van der Waals surface area contributed by atoms with Gasteiger partial charge >= 0.3 is 0 Å². The minimum absolute atomic E-state index is 0.112. The van der Waals surface area contributed by atoms with E-state index in [1.54, 1.807) is 24.3 Å². The minimum atomic E-state index is -1.46. The first-order chi connectivity index (χ1) is 26.4. The molecule has 18 nitrogen and oxygen atoms in total. The van der Waals surface area contributed by atoms with Crippen LogP contribution in [0.5, 0.6) is 0 Å². The summed E-state index contributed by atoms with van der Waals surface area (Å²) in [5, 5.41) is 7.99. The van der Waals surface area contributed by atoms with Gasteiger partial charge in [-0.2, -0.15) is 0 Å². The Kier molecular flexibility index (Phi) is 18.9. The van der Waals surface area contributed by atoms with Gasteiger partial charge in [0.1, 0.15) is 30.0 Å². The lowest BCUT2D eigenvalue weighted by atomic mass is 9.99. The number of carbonyl (C=O) groups is 6. The zero-order valence-corrected chi connectivity index (χ0v) is 32.0. The quantitative estimate of drug-likeness (QED) is 0.0398. The fraction of sp³-hybridized carbons (Fsp3) is 0.459. The van der Waals surface area contributed by atoms with Gasteiger partial charge in [-0.1, -0.05) is 38.1 Å². The minimum Gasteiger partial charge on any atom is -0.370 e. The molecule has 0 bridgehead atoms. The number of amides is 6. The van der Waals surface area contributed by atoms with Crippen molar-refractivity contribution >= 4 is 53.0 Å². The van der Waals surface area contributed by atoms with Crippen LogP contribution in [0.2, 0.25) is 0 Å². The topological polar surface area (TPSA) is 323 Å².